The zero-order chi connectivity index (χ0) is 12.7. The lowest BCUT2D eigenvalue weighted by atomic mass is 10.0. The first kappa shape index (κ1) is 14.2. The summed E-state index contributed by atoms with van der Waals surface area (Å²) in [5.74, 6) is 0. The van der Waals surface area contributed by atoms with Crippen LogP contribution in [0.15, 0.2) is 24.3 Å². The average Bonchev–Trinajstić information content (AvgIpc) is 2.33. The highest BCUT2D eigenvalue weighted by Crippen LogP contribution is 2.19. The van der Waals surface area contributed by atoms with E-state index in [4.69, 9.17) is 4.74 Å². The fraction of sp³-hybridized carbons (Fsp3) is 0.600. The molecule has 17 heavy (non-hydrogen) atoms. The summed E-state index contributed by atoms with van der Waals surface area (Å²) in [6.07, 6.45) is 2.52. The molecule has 2 atom stereocenters. The molecule has 1 rings (SSSR count). The molecule has 0 aromatic heterocycles. The van der Waals surface area contributed by atoms with Crippen LogP contribution in [0.3, 0.4) is 0 Å². The van der Waals surface area contributed by atoms with Crippen molar-refractivity contribution in [2.45, 2.75) is 45.8 Å². The van der Waals surface area contributed by atoms with Gasteiger partial charge in [-0.3, -0.25) is 0 Å². The molecular formula is C15H25NO. The third-order valence-electron chi connectivity index (χ3n) is 3.10. The summed E-state index contributed by atoms with van der Waals surface area (Å²) in [7, 11) is 1.99. The zero-order valence-electron chi connectivity index (χ0n) is 11.5. The summed E-state index contributed by atoms with van der Waals surface area (Å²) in [4.78, 5) is 0. The van der Waals surface area contributed by atoms with Crippen molar-refractivity contribution in [3.05, 3.63) is 35.4 Å². The Balaban J connectivity index is 2.60. The zero-order valence-corrected chi connectivity index (χ0v) is 11.5. The van der Waals surface area contributed by atoms with Gasteiger partial charge in [0.15, 0.2) is 0 Å². The van der Waals surface area contributed by atoms with Gasteiger partial charge in [-0.15, -0.1) is 0 Å². The van der Waals surface area contributed by atoms with Crippen LogP contribution in [0.5, 0.6) is 0 Å². The van der Waals surface area contributed by atoms with Crippen LogP contribution in [0.4, 0.5) is 0 Å². The average molecular weight is 235 g/mol. The fourth-order valence-electron chi connectivity index (χ4n) is 1.96. The lowest BCUT2D eigenvalue weighted by molar-refractivity contribution is 0.0387. The van der Waals surface area contributed by atoms with Crippen molar-refractivity contribution in [3.63, 3.8) is 0 Å². The van der Waals surface area contributed by atoms with E-state index in [-0.39, 0.29) is 12.1 Å². The standard InChI is InChI=1S/C15H25NO/c1-5-6-11-17-13(3)15(16-4)14-9-7-12(2)8-10-14/h7-10,13,15-16H,5-6,11H2,1-4H3. The highest BCUT2D eigenvalue weighted by Gasteiger charge is 2.17. The van der Waals surface area contributed by atoms with Crippen LogP contribution < -0.4 is 5.32 Å². The quantitative estimate of drug-likeness (QED) is 0.731. The number of ether oxygens (including phenoxy) is 1. The Morgan fingerprint density at radius 2 is 1.88 bits per heavy atom. The Hall–Kier alpha value is -0.860. The van der Waals surface area contributed by atoms with E-state index in [0.717, 1.165) is 13.0 Å². The molecular weight excluding hydrogens is 210 g/mol. The van der Waals surface area contributed by atoms with E-state index < -0.39 is 0 Å². The van der Waals surface area contributed by atoms with Crippen molar-refractivity contribution in [2.24, 2.45) is 0 Å². The summed E-state index contributed by atoms with van der Waals surface area (Å²) in [6, 6.07) is 8.93. The number of rotatable bonds is 7. The van der Waals surface area contributed by atoms with E-state index in [1.807, 2.05) is 7.05 Å². The van der Waals surface area contributed by atoms with Gasteiger partial charge in [0, 0.05) is 6.61 Å². The molecule has 2 unspecified atom stereocenters. The molecule has 0 heterocycles. The Morgan fingerprint density at radius 3 is 2.41 bits per heavy atom. The Morgan fingerprint density at radius 1 is 1.24 bits per heavy atom. The Labute approximate surface area is 105 Å². The molecule has 0 spiro atoms. The molecule has 96 valence electrons. The van der Waals surface area contributed by atoms with Crippen molar-refractivity contribution < 1.29 is 4.74 Å². The summed E-state index contributed by atoms with van der Waals surface area (Å²) in [5, 5.41) is 3.34. The smallest absolute Gasteiger partial charge is 0.0741 e. The fourth-order valence-corrected chi connectivity index (χ4v) is 1.96. The second kappa shape index (κ2) is 7.46. The van der Waals surface area contributed by atoms with Gasteiger partial charge in [0.2, 0.25) is 0 Å². The number of hydrogen-bond donors (Lipinski definition) is 1. The maximum atomic E-state index is 5.86. The van der Waals surface area contributed by atoms with Gasteiger partial charge in [0.25, 0.3) is 0 Å². The maximum Gasteiger partial charge on any atom is 0.0741 e. The van der Waals surface area contributed by atoms with Crippen LogP contribution in [0.25, 0.3) is 0 Å². The second-order valence-electron chi connectivity index (χ2n) is 4.61. The molecule has 0 aliphatic carbocycles. The number of nitrogens with one attached hydrogen (secondary N) is 1. The van der Waals surface area contributed by atoms with Crippen molar-refractivity contribution in [2.75, 3.05) is 13.7 Å². The van der Waals surface area contributed by atoms with Gasteiger partial charge in [-0.25, -0.2) is 0 Å². The van der Waals surface area contributed by atoms with Gasteiger partial charge in [0.05, 0.1) is 12.1 Å². The molecule has 0 amide bonds. The van der Waals surface area contributed by atoms with Crippen LogP contribution >= 0.6 is 0 Å². The maximum absolute atomic E-state index is 5.86. The molecule has 0 bridgehead atoms. The molecule has 0 aliphatic rings. The monoisotopic (exact) mass is 235 g/mol. The minimum atomic E-state index is 0.203. The number of likely N-dealkylation sites (N-methyl/N-ethyl adjacent to an activating group) is 1. The Kier molecular flexibility index (Phi) is 6.23. The van der Waals surface area contributed by atoms with Gasteiger partial charge >= 0.3 is 0 Å². The van der Waals surface area contributed by atoms with Crippen LogP contribution in [0, 0.1) is 6.92 Å². The third kappa shape index (κ3) is 4.49. The molecule has 0 saturated heterocycles. The molecule has 1 aromatic rings. The highest BCUT2D eigenvalue weighted by molar-refractivity contribution is 5.24. The summed E-state index contributed by atoms with van der Waals surface area (Å²) >= 11 is 0. The highest BCUT2D eigenvalue weighted by atomic mass is 16.5. The van der Waals surface area contributed by atoms with Gasteiger partial charge < -0.3 is 10.1 Å². The van der Waals surface area contributed by atoms with Crippen LogP contribution in [-0.4, -0.2) is 19.8 Å². The van der Waals surface area contributed by atoms with Gasteiger partial charge in [0.1, 0.15) is 0 Å². The van der Waals surface area contributed by atoms with E-state index in [2.05, 4.69) is 50.4 Å². The van der Waals surface area contributed by atoms with Crippen LogP contribution in [0.1, 0.15) is 43.9 Å². The SMILES string of the molecule is CCCCOC(C)C(NC)c1ccc(C)cc1. The minimum Gasteiger partial charge on any atom is -0.377 e. The summed E-state index contributed by atoms with van der Waals surface area (Å²) in [6.45, 7) is 7.28. The van der Waals surface area contributed by atoms with Crippen molar-refractivity contribution in [1.82, 2.24) is 5.32 Å². The third-order valence-corrected chi connectivity index (χ3v) is 3.10. The van der Waals surface area contributed by atoms with E-state index in [0.29, 0.717) is 0 Å². The lowest BCUT2D eigenvalue weighted by Crippen LogP contribution is -2.29. The van der Waals surface area contributed by atoms with Crippen molar-refractivity contribution in [1.29, 1.82) is 0 Å². The largest absolute Gasteiger partial charge is 0.377 e. The minimum absolute atomic E-state index is 0.203. The normalized spacial score (nSPS) is 14.6. The number of aryl methyl sites for hydroxylation is 1. The lowest BCUT2D eigenvalue weighted by Gasteiger charge is -2.24. The number of unbranched alkanes of at least 4 members (excludes halogenated alkanes) is 1. The first-order valence-electron chi connectivity index (χ1n) is 6.54. The molecule has 0 aliphatic heterocycles. The molecule has 2 nitrogen and oxygen atoms in total. The van der Waals surface area contributed by atoms with Crippen LogP contribution in [-0.2, 0) is 4.74 Å². The van der Waals surface area contributed by atoms with Crippen LogP contribution in [0.2, 0.25) is 0 Å². The predicted octanol–water partition coefficient (Wildman–Crippen LogP) is 3.46. The van der Waals surface area contributed by atoms with E-state index in [1.54, 1.807) is 0 Å². The van der Waals surface area contributed by atoms with E-state index >= 15 is 0 Å². The molecule has 2 heteroatoms. The summed E-state index contributed by atoms with van der Waals surface area (Å²) < 4.78 is 5.86. The number of benzene rings is 1. The predicted molar refractivity (Wildman–Crippen MR) is 73.3 cm³/mol. The first-order chi connectivity index (χ1) is 8.19. The second-order valence-corrected chi connectivity index (χ2v) is 4.61. The topological polar surface area (TPSA) is 21.3 Å². The van der Waals surface area contributed by atoms with Gasteiger partial charge in [-0.05, 0) is 32.9 Å². The van der Waals surface area contributed by atoms with Crippen molar-refractivity contribution >= 4 is 0 Å². The molecule has 0 saturated carbocycles. The molecule has 0 radical (unpaired) electrons. The van der Waals surface area contributed by atoms with Gasteiger partial charge in [-0.1, -0.05) is 43.2 Å². The first-order valence-corrected chi connectivity index (χ1v) is 6.54. The molecule has 1 aromatic carbocycles. The Bertz CT molecular complexity index is 307. The van der Waals surface area contributed by atoms with Gasteiger partial charge in [-0.2, -0.15) is 0 Å². The summed E-state index contributed by atoms with van der Waals surface area (Å²) in [5.41, 5.74) is 2.59. The molecule has 0 fully saturated rings. The number of hydrogen-bond acceptors (Lipinski definition) is 2. The van der Waals surface area contributed by atoms with E-state index in [9.17, 15) is 0 Å². The van der Waals surface area contributed by atoms with Crippen molar-refractivity contribution in [3.8, 4) is 0 Å². The van der Waals surface area contributed by atoms with E-state index in [1.165, 1.54) is 17.5 Å². The molecule has 1 N–H and O–H groups in total.